The Morgan fingerprint density at radius 3 is 2.68 bits per heavy atom. The summed E-state index contributed by atoms with van der Waals surface area (Å²) >= 11 is 3.23. The van der Waals surface area contributed by atoms with Crippen LogP contribution in [-0.2, 0) is 4.79 Å². The van der Waals surface area contributed by atoms with Crippen molar-refractivity contribution >= 4 is 29.1 Å². The predicted octanol–water partition coefficient (Wildman–Crippen LogP) is 3.72. The summed E-state index contributed by atoms with van der Waals surface area (Å²) in [6.07, 6.45) is 1.88. The summed E-state index contributed by atoms with van der Waals surface area (Å²) in [7, 11) is 0. The van der Waals surface area contributed by atoms with Crippen molar-refractivity contribution in [3.05, 3.63) is 41.0 Å². The van der Waals surface area contributed by atoms with Crippen LogP contribution in [0.25, 0.3) is 10.4 Å². The lowest BCUT2D eigenvalue weighted by Gasteiger charge is -2.07. The van der Waals surface area contributed by atoms with Crippen molar-refractivity contribution in [2.45, 2.75) is 31.2 Å². The van der Waals surface area contributed by atoms with E-state index in [0.29, 0.717) is 11.7 Å². The molecule has 1 aromatic carbocycles. The molecule has 0 aliphatic carbocycles. The van der Waals surface area contributed by atoms with Crippen LogP contribution in [0.2, 0.25) is 0 Å². The minimum atomic E-state index is -0.795. The topological polar surface area (TPSA) is 62.2 Å². The van der Waals surface area contributed by atoms with E-state index < -0.39 is 12.0 Å². The molecule has 0 radical (unpaired) electrons. The van der Waals surface area contributed by atoms with Crippen molar-refractivity contribution < 1.29 is 9.90 Å². The van der Waals surface area contributed by atoms with E-state index in [1.807, 2.05) is 6.20 Å². The number of nitrogens with zero attached hydrogens (tertiary/aromatic N) is 1. The van der Waals surface area contributed by atoms with Crippen LogP contribution in [0, 0.1) is 0 Å². The van der Waals surface area contributed by atoms with Crippen molar-refractivity contribution in [3.63, 3.8) is 0 Å². The lowest BCUT2D eigenvalue weighted by molar-refractivity contribution is -0.138. The fourth-order valence-electron chi connectivity index (χ4n) is 2.33. The van der Waals surface area contributed by atoms with Crippen molar-refractivity contribution in [3.8, 4) is 10.4 Å². The largest absolute Gasteiger partial charge is 0.480 e. The van der Waals surface area contributed by atoms with Gasteiger partial charge in [0.15, 0.2) is 0 Å². The Labute approximate surface area is 138 Å². The number of benzene rings is 1. The van der Waals surface area contributed by atoms with Gasteiger partial charge in [0.25, 0.3) is 0 Å². The van der Waals surface area contributed by atoms with Crippen molar-refractivity contribution in [1.29, 1.82) is 0 Å². The molecule has 1 fully saturated rings. The molecular weight excluding hydrogens is 316 g/mol. The SMILES string of the molecule is CC(C)c1ccc(-c2cnc(C3NC(C(=O)O)CS3)s2)cc1. The standard InChI is InChI=1S/C16H18N2O2S2/c1-9(2)10-3-5-11(6-4-10)13-7-17-14(22-13)15-18-12(8-21-15)16(19)20/h3-7,9,12,15,18H,8H2,1-2H3,(H,19,20). The van der Waals surface area contributed by atoms with Gasteiger partial charge in [-0.15, -0.1) is 23.1 Å². The summed E-state index contributed by atoms with van der Waals surface area (Å²) in [5.41, 5.74) is 2.48. The van der Waals surface area contributed by atoms with Gasteiger partial charge in [-0.1, -0.05) is 38.1 Å². The molecule has 6 heteroatoms. The molecule has 1 saturated heterocycles. The predicted molar refractivity (Wildman–Crippen MR) is 91.4 cm³/mol. The lowest BCUT2D eigenvalue weighted by Crippen LogP contribution is -2.33. The summed E-state index contributed by atoms with van der Waals surface area (Å²) < 4.78 is 0. The maximum Gasteiger partial charge on any atom is 0.321 e. The van der Waals surface area contributed by atoms with Crippen LogP contribution in [0.3, 0.4) is 0 Å². The highest BCUT2D eigenvalue weighted by Crippen LogP contribution is 2.37. The van der Waals surface area contributed by atoms with Crippen LogP contribution in [0.5, 0.6) is 0 Å². The Balaban J connectivity index is 1.75. The van der Waals surface area contributed by atoms with E-state index in [-0.39, 0.29) is 5.37 Å². The molecule has 22 heavy (non-hydrogen) atoms. The summed E-state index contributed by atoms with van der Waals surface area (Å²) in [6, 6.07) is 8.09. The van der Waals surface area contributed by atoms with Gasteiger partial charge in [-0.3, -0.25) is 10.1 Å². The van der Waals surface area contributed by atoms with Crippen molar-refractivity contribution in [2.75, 3.05) is 5.75 Å². The average molecular weight is 334 g/mol. The zero-order chi connectivity index (χ0) is 15.7. The molecule has 0 bridgehead atoms. The Kier molecular flexibility index (Phi) is 4.52. The van der Waals surface area contributed by atoms with Gasteiger partial charge in [0, 0.05) is 11.9 Å². The number of carbonyl (C=O) groups is 1. The Morgan fingerprint density at radius 1 is 1.36 bits per heavy atom. The molecule has 2 aromatic rings. The number of thioether (sulfide) groups is 1. The van der Waals surface area contributed by atoms with Gasteiger partial charge in [-0.2, -0.15) is 0 Å². The maximum atomic E-state index is 11.0. The monoisotopic (exact) mass is 334 g/mol. The highest BCUT2D eigenvalue weighted by Gasteiger charge is 2.31. The number of aliphatic carboxylic acids is 1. The van der Waals surface area contributed by atoms with E-state index in [9.17, 15) is 4.79 Å². The van der Waals surface area contributed by atoms with E-state index in [4.69, 9.17) is 5.11 Å². The number of rotatable bonds is 4. The summed E-state index contributed by atoms with van der Waals surface area (Å²) in [6.45, 7) is 4.36. The number of hydrogen-bond acceptors (Lipinski definition) is 5. The first-order chi connectivity index (χ1) is 10.5. The zero-order valence-corrected chi connectivity index (χ0v) is 14.1. The van der Waals surface area contributed by atoms with Gasteiger partial charge in [0.2, 0.25) is 0 Å². The smallest absolute Gasteiger partial charge is 0.321 e. The van der Waals surface area contributed by atoms with Crippen molar-refractivity contribution in [2.24, 2.45) is 0 Å². The average Bonchev–Trinajstić information content (AvgIpc) is 3.16. The van der Waals surface area contributed by atoms with Gasteiger partial charge >= 0.3 is 5.97 Å². The molecule has 1 aromatic heterocycles. The fourth-order valence-corrected chi connectivity index (χ4v) is 4.63. The number of thiazole rings is 1. The quantitative estimate of drug-likeness (QED) is 0.892. The highest BCUT2D eigenvalue weighted by molar-refractivity contribution is 7.99. The molecule has 2 heterocycles. The highest BCUT2D eigenvalue weighted by atomic mass is 32.2. The van der Waals surface area contributed by atoms with Crippen molar-refractivity contribution in [1.82, 2.24) is 10.3 Å². The molecule has 4 nitrogen and oxygen atoms in total. The maximum absolute atomic E-state index is 11.0. The second-order valence-electron chi connectivity index (χ2n) is 5.61. The molecule has 0 saturated carbocycles. The number of hydrogen-bond donors (Lipinski definition) is 2. The van der Waals surface area contributed by atoms with Gasteiger partial charge in [0.05, 0.1) is 4.88 Å². The van der Waals surface area contributed by atoms with Gasteiger partial charge < -0.3 is 5.11 Å². The van der Waals surface area contributed by atoms with E-state index in [1.165, 1.54) is 5.56 Å². The molecular formula is C16H18N2O2S2. The summed E-state index contributed by atoms with van der Waals surface area (Å²) in [5.74, 6) is 0.312. The van der Waals surface area contributed by atoms with Crippen LogP contribution in [0.1, 0.15) is 35.7 Å². The van der Waals surface area contributed by atoms with E-state index in [0.717, 1.165) is 15.4 Å². The zero-order valence-electron chi connectivity index (χ0n) is 12.4. The van der Waals surface area contributed by atoms with E-state index in [1.54, 1.807) is 23.1 Å². The van der Waals surface area contributed by atoms with E-state index >= 15 is 0 Å². The van der Waals surface area contributed by atoms with E-state index in [2.05, 4.69) is 48.4 Å². The first kappa shape index (κ1) is 15.5. The Morgan fingerprint density at radius 2 is 2.09 bits per heavy atom. The third kappa shape index (κ3) is 3.19. The van der Waals surface area contributed by atoms with Gasteiger partial charge in [0.1, 0.15) is 16.4 Å². The number of nitrogens with one attached hydrogen (secondary N) is 1. The first-order valence-corrected chi connectivity index (χ1v) is 9.07. The molecule has 0 amide bonds. The molecule has 2 N–H and O–H groups in total. The number of carboxylic acids is 1. The number of aromatic nitrogens is 1. The minimum Gasteiger partial charge on any atom is -0.480 e. The Hall–Kier alpha value is -1.37. The van der Waals surface area contributed by atoms with Crippen LogP contribution in [-0.4, -0.2) is 27.9 Å². The number of carboxylic acid groups (broad SMARTS) is 1. The third-order valence-corrected chi connectivity index (χ3v) is 6.17. The Bertz CT molecular complexity index is 667. The second kappa shape index (κ2) is 6.40. The fraction of sp³-hybridized carbons (Fsp3) is 0.375. The normalized spacial score (nSPS) is 21.4. The molecule has 116 valence electrons. The van der Waals surface area contributed by atoms with Gasteiger partial charge in [-0.25, -0.2) is 4.98 Å². The summed E-state index contributed by atoms with van der Waals surface area (Å²) in [4.78, 5) is 16.6. The minimum absolute atomic E-state index is 0.0187. The molecule has 2 atom stereocenters. The molecule has 1 aliphatic rings. The van der Waals surface area contributed by atoms with Crippen LogP contribution >= 0.6 is 23.1 Å². The first-order valence-electron chi connectivity index (χ1n) is 7.21. The second-order valence-corrected chi connectivity index (χ2v) is 7.81. The van der Waals surface area contributed by atoms with Crippen LogP contribution in [0.4, 0.5) is 0 Å². The van der Waals surface area contributed by atoms with Gasteiger partial charge in [-0.05, 0) is 17.0 Å². The molecule has 3 rings (SSSR count). The molecule has 0 spiro atoms. The van der Waals surface area contributed by atoms with Crippen LogP contribution < -0.4 is 5.32 Å². The summed E-state index contributed by atoms with van der Waals surface area (Å²) in [5, 5.41) is 13.1. The third-order valence-electron chi connectivity index (χ3n) is 3.69. The molecule has 2 unspecified atom stereocenters. The van der Waals surface area contributed by atoms with Crippen LogP contribution in [0.15, 0.2) is 30.5 Å². The molecule has 1 aliphatic heterocycles. The lowest BCUT2D eigenvalue weighted by atomic mass is 10.0.